The molecule has 0 atom stereocenters. The van der Waals surface area contributed by atoms with Crippen LogP contribution in [0.15, 0.2) is 9.05 Å². The van der Waals surface area contributed by atoms with Crippen molar-refractivity contribution in [2.45, 2.75) is 97.6 Å². The monoisotopic (exact) mass is 380 g/mol. The average molecular weight is 381 g/mol. The van der Waals surface area contributed by atoms with E-state index in [0.717, 1.165) is 56.6 Å². The normalized spacial score (nSPS) is 11.3. The Hall–Kier alpha value is -2.12. The maximum atomic E-state index is 5.97. The third kappa shape index (κ3) is 6.52. The van der Waals surface area contributed by atoms with Gasteiger partial charge in [0.25, 0.3) is 23.2 Å². The summed E-state index contributed by atoms with van der Waals surface area (Å²) in [5, 5.41) is 8.16. The van der Waals surface area contributed by atoms with Crippen molar-refractivity contribution in [3.8, 4) is 0 Å². The van der Waals surface area contributed by atoms with Crippen LogP contribution in [-0.4, -0.2) is 10.5 Å². The van der Waals surface area contributed by atoms with Crippen molar-refractivity contribution in [2.24, 2.45) is 0 Å². The number of rotatable bonds is 14. The fourth-order valence-electron chi connectivity index (χ4n) is 3.30. The van der Waals surface area contributed by atoms with E-state index in [9.17, 15) is 0 Å². The molecule has 2 aromatic heterocycles. The molecule has 2 rings (SSSR count). The summed E-state index contributed by atoms with van der Waals surface area (Å²) in [6, 6.07) is 0. The number of hydrogen-bond acceptors (Lipinski definition) is 6. The molecule has 2 heterocycles. The molecular weight excluding hydrogens is 344 g/mol. The van der Waals surface area contributed by atoms with Gasteiger partial charge < -0.3 is 11.5 Å². The third-order valence-corrected chi connectivity index (χ3v) is 4.94. The van der Waals surface area contributed by atoms with E-state index < -0.39 is 0 Å². The summed E-state index contributed by atoms with van der Waals surface area (Å²) in [6.07, 6.45) is 12.0. The van der Waals surface area contributed by atoms with Crippen LogP contribution in [-0.2, 0) is 25.9 Å². The Balaban J connectivity index is 1.86. The van der Waals surface area contributed by atoms with Gasteiger partial charge in [0.05, 0.1) is 0 Å². The van der Waals surface area contributed by atoms with Crippen molar-refractivity contribution in [2.75, 3.05) is 11.5 Å². The SMILES string of the molecule is CCCCCC[n+]1noc(N)c1CCCc1c(N)on[n+]1CCCCCC. The summed E-state index contributed by atoms with van der Waals surface area (Å²) in [4.78, 5) is 0. The van der Waals surface area contributed by atoms with E-state index in [1.165, 1.54) is 38.5 Å². The number of aromatic nitrogens is 4. The van der Waals surface area contributed by atoms with E-state index in [0.29, 0.717) is 11.8 Å². The van der Waals surface area contributed by atoms with E-state index in [1.807, 2.05) is 9.36 Å². The Labute approximate surface area is 161 Å². The quantitative estimate of drug-likeness (QED) is 0.385. The van der Waals surface area contributed by atoms with Gasteiger partial charge in [-0.1, -0.05) is 39.5 Å². The van der Waals surface area contributed by atoms with Crippen LogP contribution in [0.2, 0.25) is 0 Å². The lowest BCUT2D eigenvalue weighted by molar-refractivity contribution is -0.769. The lowest BCUT2D eigenvalue weighted by atomic mass is 10.1. The first-order valence-electron chi connectivity index (χ1n) is 10.5. The van der Waals surface area contributed by atoms with Crippen molar-refractivity contribution in [3.05, 3.63) is 11.4 Å². The summed E-state index contributed by atoms with van der Waals surface area (Å²) in [5.41, 5.74) is 13.9. The zero-order valence-electron chi connectivity index (χ0n) is 17.0. The van der Waals surface area contributed by atoms with Crippen LogP contribution in [0.5, 0.6) is 0 Å². The van der Waals surface area contributed by atoms with Gasteiger partial charge in [-0.2, -0.15) is 0 Å². The lowest BCUT2D eigenvalue weighted by Crippen LogP contribution is -2.40. The molecular formula is C19H36N6O2+2. The minimum Gasteiger partial charge on any atom is -0.362 e. The predicted octanol–water partition coefficient (Wildman–Crippen LogP) is 2.74. The first-order valence-corrected chi connectivity index (χ1v) is 10.5. The summed E-state index contributed by atoms with van der Waals surface area (Å²) in [5.74, 6) is 0.826. The zero-order valence-corrected chi connectivity index (χ0v) is 17.0. The van der Waals surface area contributed by atoms with Crippen LogP contribution < -0.4 is 20.8 Å². The highest BCUT2D eigenvalue weighted by molar-refractivity contribution is 5.27. The standard InChI is InChI=1S/C19H36N6O2/c1-3-5-7-9-14-24-16(18(20)26-22-24)12-11-13-17-19(21)27-23-25(17)15-10-8-6-4-2/h3-15,20-21H2,1-2H3/q+2. The van der Waals surface area contributed by atoms with Gasteiger partial charge in [0.1, 0.15) is 0 Å². The highest BCUT2D eigenvalue weighted by Gasteiger charge is 2.25. The van der Waals surface area contributed by atoms with Crippen LogP contribution in [0.1, 0.15) is 83.0 Å². The van der Waals surface area contributed by atoms with E-state index in [-0.39, 0.29) is 0 Å². The van der Waals surface area contributed by atoms with E-state index in [2.05, 4.69) is 24.4 Å². The molecule has 27 heavy (non-hydrogen) atoms. The van der Waals surface area contributed by atoms with Crippen LogP contribution in [0.25, 0.3) is 0 Å². The van der Waals surface area contributed by atoms with Crippen LogP contribution in [0.3, 0.4) is 0 Å². The van der Waals surface area contributed by atoms with Crippen LogP contribution in [0, 0.1) is 0 Å². The molecule has 8 nitrogen and oxygen atoms in total. The fourth-order valence-corrected chi connectivity index (χ4v) is 3.30. The minimum absolute atomic E-state index is 0.413. The zero-order chi connectivity index (χ0) is 19.5. The molecule has 0 aliphatic rings. The Bertz CT molecular complexity index is 611. The molecule has 0 radical (unpaired) electrons. The smallest absolute Gasteiger partial charge is 0.296 e. The summed E-state index contributed by atoms with van der Waals surface area (Å²) in [7, 11) is 0. The highest BCUT2D eigenvalue weighted by Crippen LogP contribution is 2.13. The van der Waals surface area contributed by atoms with Crippen LogP contribution >= 0.6 is 0 Å². The number of nitrogens with two attached hydrogens (primary N) is 2. The lowest BCUT2D eigenvalue weighted by Gasteiger charge is -1.98. The molecule has 2 aromatic rings. The van der Waals surface area contributed by atoms with E-state index >= 15 is 0 Å². The van der Waals surface area contributed by atoms with E-state index in [1.54, 1.807) is 0 Å². The Morgan fingerprint density at radius 1 is 0.667 bits per heavy atom. The second-order valence-electron chi connectivity index (χ2n) is 7.19. The van der Waals surface area contributed by atoms with E-state index in [4.69, 9.17) is 20.5 Å². The number of unbranched alkanes of at least 4 members (excludes halogenated alkanes) is 6. The maximum absolute atomic E-state index is 5.97. The molecule has 0 unspecified atom stereocenters. The second kappa shape index (κ2) is 11.6. The predicted molar refractivity (Wildman–Crippen MR) is 103 cm³/mol. The molecule has 0 aromatic carbocycles. The van der Waals surface area contributed by atoms with Gasteiger partial charge in [-0.05, 0) is 28.6 Å². The molecule has 0 spiro atoms. The van der Waals surface area contributed by atoms with Gasteiger partial charge in [-0.3, -0.25) is 9.05 Å². The number of nitrogen functional groups attached to an aromatic ring is 2. The number of hydrogen-bond donors (Lipinski definition) is 2. The van der Waals surface area contributed by atoms with Gasteiger partial charge >= 0.3 is 0 Å². The molecule has 0 saturated heterocycles. The third-order valence-electron chi connectivity index (χ3n) is 4.94. The molecule has 0 aliphatic carbocycles. The van der Waals surface area contributed by atoms with Crippen molar-refractivity contribution >= 4 is 11.8 Å². The first-order chi connectivity index (χ1) is 13.2. The van der Waals surface area contributed by atoms with Gasteiger partial charge in [0.2, 0.25) is 10.5 Å². The van der Waals surface area contributed by atoms with Gasteiger partial charge in [0, 0.05) is 25.7 Å². The van der Waals surface area contributed by atoms with Crippen molar-refractivity contribution < 1.29 is 18.4 Å². The van der Waals surface area contributed by atoms with Gasteiger partial charge in [-0.15, -0.1) is 0 Å². The summed E-state index contributed by atoms with van der Waals surface area (Å²) in [6.45, 7) is 6.12. The molecule has 8 heteroatoms. The highest BCUT2D eigenvalue weighted by atomic mass is 16.5. The average Bonchev–Trinajstić information content (AvgIpc) is 3.19. The van der Waals surface area contributed by atoms with Crippen molar-refractivity contribution in [1.29, 1.82) is 0 Å². The summed E-state index contributed by atoms with van der Waals surface area (Å²) < 4.78 is 14.2. The van der Waals surface area contributed by atoms with Crippen molar-refractivity contribution in [3.63, 3.8) is 0 Å². The number of nitrogens with zero attached hydrogens (tertiary/aromatic N) is 4. The Morgan fingerprint density at radius 3 is 1.52 bits per heavy atom. The molecule has 4 N–H and O–H groups in total. The number of anilines is 2. The first kappa shape index (κ1) is 21.2. The Kier molecular flexibility index (Phi) is 9.07. The maximum Gasteiger partial charge on any atom is 0.296 e. The van der Waals surface area contributed by atoms with Gasteiger partial charge in [0.15, 0.2) is 13.1 Å². The molecule has 152 valence electrons. The largest absolute Gasteiger partial charge is 0.362 e. The van der Waals surface area contributed by atoms with Crippen LogP contribution in [0.4, 0.5) is 11.8 Å². The Morgan fingerprint density at radius 2 is 1.11 bits per heavy atom. The van der Waals surface area contributed by atoms with Gasteiger partial charge in [-0.25, -0.2) is 0 Å². The molecule has 0 bridgehead atoms. The summed E-state index contributed by atoms with van der Waals surface area (Å²) >= 11 is 0. The molecule has 0 saturated carbocycles. The second-order valence-corrected chi connectivity index (χ2v) is 7.19. The topological polar surface area (TPSA) is 112 Å². The fraction of sp³-hybridized carbons (Fsp3) is 0.789. The number of aryl methyl sites for hydroxylation is 2. The molecule has 0 amide bonds. The van der Waals surface area contributed by atoms with Crippen molar-refractivity contribution in [1.82, 2.24) is 10.5 Å². The molecule has 0 fully saturated rings. The minimum atomic E-state index is 0.413. The molecule has 0 aliphatic heterocycles.